The van der Waals surface area contributed by atoms with Gasteiger partial charge in [-0.2, -0.15) is 0 Å². The predicted molar refractivity (Wildman–Crippen MR) is 67.3 cm³/mol. The molecule has 0 fully saturated rings. The van der Waals surface area contributed by atoms with Gasteiger partial charge in [0.2, 0.25) is 0 Å². The van der Waals surface area contributed by atoms with E-state index in [9.17, 15) is 4.79 Å². The molecule has 4 nitrogen and oxygen atoms in total. The van der Waals surface area contributed by atoms with Gasteiger partial charge in [-0.3, -0.25) is 9.78 Å². The summed E-state index contributed by atoms with van der Waals surface area (Å²) in [5, 5.41) is 11.6. The molecule has 1 aromatic heterocycles. The Bertz CT molecular complexity index is 480. The van der Waals surface area contributed by atoms with Crippen molar-refractivity contribution in [1.82, 2.24) is 4.98 Å². The van der Waals surface area contributed by atoms with Gasteiger partial charge in [0.1, 0.15) is 4.88 Å². The number of hydrogen-bond donors (Lipinski definition) is 2. The van der Waals surface area contributed by atoms with Gasteiger partial charge in [0.05, 0.1) is 11.7 Å². The molecule has 1 amide bonds. The normalized spacial score (nSPS) is 10.2. The van der Waals surface area contributed by atoms with Crippen LogP contribution in [0.2, 0.25) is 0 Å². The van der Waals surface area contributed by atoms with Crippen LogP contribution in [0.15, 0.2) is 36.0 Å². The van der Waals surface area contributed by atoms with Crippen molar-refractivity contribution in [2.75, 3.05) is 11.9 Å². The first-order valence-corrected chi connectivity index (χ1v) is 6.07. The predicted octanol–water partition coefficient (Wildman–Crippen LogP) is 1.93. The van der Waals surface area contributed by atoms with E-state index >= 15 is 0 Å². The molecular weight excluding hydrogens is 236 g/mol. The number of anilines is 1. The van der Waals surface area contributed by atoms with Crippen molar-refractivity contribution in [2.45, 2.75) is 6.42 Å². The van der Waals surface area contributed by atoms with Crippen LogP contribution in [0.1, 0.15) is 15.2 Å². The lowest BCUT2D eigenvalue weighted by Crippen LogP contribution is -2.10. The van der Waals surface area contributed by atoms with Crippen molar-refractivity contribution in [3.63, 3.8) is 0 Å². The number of amides is 1. The Hall–Kier alpha value is -1.72. The van der Waals surface area contributed by atoms with Crippen molar-refractivity contribution < 1.29 is 9.90 Å². The Morgan fingerprint density at radius 3 is 2.71 bits per heavy atom. The first-order valence-electron chi connectivity index (χ1n) is 5.19. The molecule has 17 heavy (non-hydrogen) atoms. The number of nitrogens with zero attached hydrogens (tertiary/aromatic N) is 1. The summed E-state index contributed by atoms with van der Waals surface area (Å²) >= 11 is 1.31. The Morgan fingerprint density at radius 2 is 2.12 bits per heavy atom. The molecule has 5 heteroatoms. The van der Waals surface area contributed by atoms with Crippen molar-refractivity contribution >= 4 is 22.9 Å². The van der Waals surface area contributed by atoms with Gasteiger partial charge in [0.25, 0.3) is 5.91 Å². The van der Waals surface area contributed by atoms with Gasteiger partial charge in [0, 0.05) is 12.3 Å². The fraction of sp³-hybridized carbons (Fsp3) is 0.167. The highest BCUT2D eigenvalue weighted by Gasteiger charge is 2.07. The number of carbonyl (C=O) groups is 1. The Balaban J connectivity index is 2.01. The molecule has 2 N–H and O–H groups in total. The van der Waals surface area contributed by atoms with E-state index in [1.54, 1.807) is 11.7 Å². The summed E-state index contributed by atoms with van der Waals surface area (Å²) in [6.45, 7) is 0.132. The Kier molecular flexibility index (Phi) is 3.85. The first kappa shape index (κ1) is 11.8. The third-order valence-corrected chi connectivity index (χ3v) is 3.04. The van der Waals surface area contributed by atoms with E-state index in [4.69, 9.17) is 5.11 Å². The van der Waals surface area contributed by atoms with Crippen molar-refractivity contribution in [3.05, 3.63) is 46.4 Å². The number of rotatable bonds is 4. The van der Waals surface area contributed by atoms with Gasteiger partial charge in [0.15, 0.2) is 0 Å². The second-order valence-electron chi connectivity index (χ2n) is 3.49. The fourth-order valence-electron chi connectivity index (χ4n) is 1.40. The molecule has 88 valence electrons. The molecular formula is C12H12N2O2S. The van der Waals surface area contributed by atoms with Crippen LogP contribution < -0.4 is 5.32 Å². The van der Waals surface area contributed by atoms with Crippen LogP contribution in [0.25, 0.3) is 0 Å². The second kappa shape index (κ2) is 5.56. The largest absolute Gasteiger partial charge is 0.396 e. The topological polar surface area (TPSA) is 62.2 Å². The lowest BCUT2D eigenvalue weighted by molar-refractivity contribution is 0.103. The summed E-state index contributed by atoms with van der Waals surface area (Å²) in [4.78, 5) is 16.1. The number of nitrogens with one attached hydrogen (secondary N) is 1. The van der Waals surface area contributed by atoms with Crippen LogP contribution >= 0.6 is 11.3 Å². The van der Waals surface area contributed by atoms with Crippen molar-refractivity contribution in [1.29, 1.82) is 0 Å². The zero-order chi connectivity index (χ0) is 12.1. The van der Waals surface area contributed by atoms with E-state index in [0.717, 1.165) is 11.3 Å². The van der Waals surface area contributed by atoms with Gasteiger partial charge < -0.3 is 10.4 Å². The third kappa shape index (κ3) is 3.12. The van der Waals surface area contributed by atoms with Gasteiger partial charge >= 0.3 is 0 Å². The average Bonchev–Trinajstić information content (AvgIpc) is 2.86. The fourth-order valence-corrected chi connectivity index (χ4v) is 1.92. The minimum atomic E-state index is -0.151. The molecule has 0 spiro atoms. The molecule has 0 aliphatic carbocycles. The highest BCUT2D eigenvalue weighted by atomic mass is 32.1. The molecule has 0 saturated heterocycles. The molecule has 0 unspecified atom stereocenters. The average molecular weight is 248 g/mol. The summed E-state index contributed by atoms with van der Waals surface area (Å²) in [7, 11) is 0. The molecule has 2 rings (SSSR count). The van der Waals surface area contributed by atoms with Crippen molar-refractivity contribution in [3.8, 4) is 0 Å². The van der Waals surface area contributed by atoms with E-state index in [0.29, 0.717) is 11.3 Å². The monoisotopic (exact) mass is 248 g/mol. The van der Waals surface area contributed by atoms with E-state index in [1.165, 1.54) is 11.3 Å². The molecule has 0 atom stereocenters. The maximum Gasteiger partial charge on any atom is 0.267 e. The summed E-state index contributed by atoms with van der Waals surface area (Å²) in [6, 6.07) is 7.42. The van der Waals surface area contributed by atoms with E-state index in [-0.39, 0.29) is 12.5 Å². The molecule has 0 radical (unpaired) electrons. The van der Waals surface area contributed by atoms with E-state index < -0.39 is 0 Å². The van der Waals surface area contributed by atoms with Crippen LogP contribution in [-0.2, 0) is 6.42 Å². The molecule has 1 aromatic carbocycles. The molecule has 0 aliphatic heterocycles. The van der Waals surface area contributed by atoms with Gasteiger partial charge in [-0.1, -0.05) is 12.1 Å². The zero-order valence-electron chi connectivity index (χ0n) is 9.09. The maximum absolute atomic E-state index is 11.7. The molecule has 0 bridgehead atoms. The van der Waals surface area contributed by atoms with Crippen LogP contribution in [0.4, 0.5) is 5.69 Å². The van der Waals surface area contributed by atoms with Crippen LogP contribution in [0, 0.1) is 0 Å². The molecule has 0 aliphatic rings. The van der Waals surface area contributed by atoms with Gasteiger partial charge in [-0.05, 0) is 24.1 Å². The summed E-state index contributed by atoms with van der Waals surface area (Å²) in [6.07, 6.45) is 2.17. The van der Waals surface area contributed by atoms with Crippen LogP contribution in [-0.4, -0.2) is 22.6 Å². The van der Waals surface area contributed by atoms with E-state index in [1.807, 2.05) is 24.3 Å². The number of carbonyl (C=O) groups excluding carboxylic acids is 1. The lowest BCUT2D eigenvalue weighted by atomic mass is 10.1. The minimum Gasteiger partial charge on any atom is -0.396 e. The van der Waals surface area contributed by atoms with E-state index in [2.05, 4.69) is 10.3 Å². The second-order valence-corrected chi connectivity index (χ2v) is 4.38. The number of hydrogen-bond acceptors (Lipinski definition) is 4. The number of aliphatic hydroxyl groups excluding tert-OH is 1. The van der Waals surface area contributed by atoms with Gasteiger partial charge in [-0.15, -0.1) is 11.3 Å². The zero-order valence-corrected chi connectivity index (χ0v) is 9.91. The van der Waals surface area contributed by atoms with Crippen LogP contribution in [0.5, 0.6) is 0 Å². The summed E-state index contributed by atoms with van der Waals surface area (Å²) in [5.74, 6) is -0.151. The standard InChI is InChI=1S/C12H12N2O2S/c15-6-5-9-1-3-10(4-2-9)14-12(16)11-7-13-8-17-11/h1-4,7-8,15H,5-6H2,(H,14,16). The van der Waals surface area contributed by atoms with Gasteiger partial charge in [-0.25, -0.2) is 0 Å². The maximum atomic E-state index is 11.7. The number of aliphatic hydroxyl groups is 1. The first-order chi connectivity index (χ1) is 8.29. The minimum absolute atomic E-state index is 0.132. The Labute approximate surface area is 103 Å². The summed E-state index contributed by atoms with van der Waals surface area (Å²) < 4.78 is 0. The highest BCUT2D eigenvalue weighted by molar-refractivity contribution is 7.11. The number of aromatic nitrogens is 1. The number of benzene rings is 1. The molecule has 0 saturated carbocycles. The quantitative estimate of drug-likeness (QED) is 0.869. The van der Waals surface area contributed by atoms with Crippen LogP contribution in [0.3, 0.4) is 0 Å². The highest BCUT2D eigenvalue weighted by Crippen LogP contribution is 2.13. The summed E-state index contributed by atoms with van der Waals surface area (Å²) in [5.41, 5.74) is 3.41. The molecule has 2 aromatic rings. The molecule has 1 heterocycles. The number of thiazole rings is 1. The Morgan fingerprint density at radius 1 is 1.35 bits per heavy atom. The third-order valence-electron chi connectivity index (χ3n) is 2.27. The SMILES string of the molecule is O=C(Nc1ccc(CCO)cc1)c1cncs1. The lowest BCUT2D eigenvalue weighted by Gasteiger charge is -2.04. The van der Waals surface area contributed by atoms with Crippen molar-refractivity contribution in [2.24, 2.45) is 0 Å². The smallest absolute Gasteiger partial charge is 0.267 e.